The Morgan fingerprint density at radius 2 is 1.97 bits per heavy atom. The van der Waals surface area contributed by atoms with Crippen LogP contribution >= 0.6 is 0 Å². The summed E-state index contributed by atoms with van der Waals surface area (Å²) in [6.07, 6.45) is 2.00. The van der Waals surface area contributed by atoms with E-state index in [1.54, 1.807) is 24.3 Å². The number of allylic oxidation sites excluding steroid dienone is 2. The van der Waals surface area contributed by atoms with E-state index >= 15 is 0 Å². The predicted molar refractivity (Wildman–Crippen MR) is 116 cm³/mol. The molecule has 2 aliphatic heterocycles. The van der Waals surface area contributed by atoms with Crippen molar-refractivity contribution in [3.63, 3.8) is 0 Å². The van der Waals surface area contributed by atoms with Gasteiger partial charge >= 0.3 is 5.97 Å². The van der Waals surface area contributed by atoms with E-state index in [4.69, 9.17) is 0 Å². The molecule has 1 atom stereocenters. The van der Waals surface area contributed by atoms with Gasteiger partial charge in [0, 0.05) is 29.7 Å². The summed E-state index contributed by atoms with van der Waals surface area (Å²) >= 11 is 0. The minimum atomic E-state index is -0.915. The third-order valence-electron chi connectivity index (χ3n) is 6.48. The normalized spacial score (nSPS) is 18.2. The highest BCUT2D eigenvalue weighted by Gasteiger charge is 2.32. The van der Waals surface area contributed by atoms with Crippen molar-refractivity contribution in [1.29, 1.82) is 0 Å². The van der Waals surface area contributed by atoms with E-state index in [9.17, 15) is 18.7 Å². The highest BCUT2D eigenvalue weighted by Crippen LogP contribution is 2.35. The summed E-state index contributed by atoms with van der Waals surface area (Å²) in [5.74, 6) is -1.51. The topological polar surface area (TPSA) is 69.5 Å². The lowest BCUT2D eigenvalue weighted by molar-refractivity contribution is -0.136. The predicted octanol–water partition coefficient (Wildman–Crippen LogP) is 3.66. The fraction of sp³-hybridized carbons (Fsp3) is 0.292. The maximum atomic E-state index is 14.8. The summed E-state index contributed by atoms with van der Waals surface area (Å²) in [6.45, 7) is 2.56. The van der Waals surface area contributed by atoms with E-state index in [2.05, 4.69) is 16.0 Å². The van der Waals surface area contributed by atoms with Crippen LogP contribution in [0.1, 0.15) is 30.2 Å². The maximum absolute atomic E-state index is 14.8. The van der Waals surface area contributed by atoms with Gasteiger partial charge in [0.2, 0.25) is 0 Å². The van der Waals surface area contributed by atoms with Crippen molar-refractivity contribution < 1.29 is 18.7 Å². The van der Waals surface area contributed by atoms with Crippen LogP contribution in [0.15, 0.2) is 53.9 Å². The number of benzene rings is 2. The second-order valence-electron chi connectivity index (χ2n) is 8.41. The molecule has 0 radical (unpaired) electrons. The number of hydrogen-bond donors (Lipinski definition) is 3. The van der Waals surface area contributed by atoms with Gasteiger partial charge in [-0.1, -0.05) is 24.3 Å². The number of carboxylic acid groups (broad SMARTS) is 1. The Morgan fingerprint density at radius 3 is 2.72 bits per heavy atom. The van der Waals surface area contributed by atoms with Crippen molar-refractivity contribution >= 4 is 16.9 Å². The van der Waals surface area contributed by atoms with Gasteiger partial charge in [-0.3, -0.25) is 9.80 Å². The number of rotatable bonds is 5. The first-order valence-corrected chi connectivity index (χ1v) is 10.7. The Labute approximate surface area is 184 Å². The average molecular weight is 438 g/mol. The number of nitrogens with one attached hydrogen (secondary N) is 2. The summed E-state index contributed by atoms with van der Waals surface area (Å²) in [5, 5.41) is 12.1. The van der Waals surface area contributed by atoms with E-state index in [0.29, 0.717) is 35.9 Å². The Hall–Kier alpha value is -3.39. The molecule has 3 aromatic rings. The molecule has 2 aliphatic rings. The minimum Gasteiger partial charge on any atom is -0.481 e. The maximum Gasteiger partial charge on any atom is 0.307 e. The summed E-state index contributed by atoms with van der Waals surface area (Å²) in [5.41, 5.74) is 11.6. The van der Waals surface area contributed by atoms with Gasteiger partial charge in [-0.15, -0.1) is 5.53 Å². The summed E-state index contributed by atoms with van der Waals surface area (Å²) < 4.78 is 29.9. The third kappa shape index (κ3) is 3.50. The van der Waals surface area contributed by atoms with Crippen molar-refractivity contribution in [2.75, 3.05) is 0 Å². The Bertz CT molecular complexity index is 1230. The molecule has 0 bridgehead atoms. The summed E-state index contributed by atoms with van der Waals surface area (Å²) in [4.78, 5) is 11.4. The number of para-hydroxylation sites is 1. The fourth-order valence-electron chi connectivity index (χ4n) is 4.93. The molecule has 32 heavy (non-hydrogen) atoms. The summed E-state index contributed by atoms with van der Waals surface area (Å²) in [6, 6.07) is 11.4. The van der Waals surface area contributed by atoms with E-state index in [1.807, 2.05) is 11.5 Å². The van der Waals surface area contributed by atoms with Gasteiger partial charge in [-0.05, 0) is 49.1 Å². The van der Waals surface area contributed by atoms with Crippen molar-refractivity contribution in [2.24, 2.45) is 0 Å². The first-order valence-electron chi connectivity index (χ1n) is 10.7. The first-order chi connectivity index (χ1) is 15.4. The zero-order valence-electron chi connectivity index (χ0n) is 17.7. The monoisotopic (exact) mass is 438 g/mol. The Kier molecular flexibility index (Phi) is 5.09. The number of hydrazine groups is 2. The van der Waals surface area contributed by atoms with Crippen molar-refractivity contribution in [3.8, 4) is 0 Å². The molecule has 0 saturated heterocycles. The van der Waals surface area contributed by atoms with Crippen LogP contribution in [0.5, 0.6) is 0 Å². The van der Waals surface area contributed by atoms with Gasteiger partial charge in [0.05, 0.1) is 23.7 Å². The molecule has 0 saturated carbocycles. The molecule has 5 rings (SSSR count). The van der Waals surface area contributed by atoms with E-state index in [-0.39, 0.29) is 24.1 Å². The second kappa shape index (κ2) is 7.94. The number of hydrogen-bond acceptors (Lipinski definition) is 4. The number of halogens is 2. The molecule has 6 nitrogen and oxygen atoms in total. The van der Waals surface area contributed by atoms with Gasteiger partial charge in [-0.2, -0.15) is 0 Å². The van der Waals surface area contributed by atoms with E-state index < -0.39 is 5.97 Å². The lowest BCUT2D eigenvalue weighted by atomic mass is 9.99. The van der Waals surface area contributed by atoms with Crippen LogP contribution in [0.2, 0.25) is 0 Å². The average Bonchev–Trinajstić information content (AvgIpc) is 3.28. The van der Waals surface area contributed by atoms with Gasteiger partial charge in [0.25, 0.3) is 0 Å². The largest absolute Gasteiger partial charge is 0.481 e. The molecule has 0 spiro atoms. The highest BCUT2D eigenvalue weighted by molar-refractivity contribution is 5.89. The molecule has 1 aromatic heterocycles. The highest BCUT2D eigenvalue weighted by atomic mass is 19.1. The van der Waals surface area contributed by atoms with E-state index in [0.717, 1.165) is 29.1 Å². The number of fused-ring (bicyclic) bond motifs is 3. The zero-order chi connectivity index (χ0) is 22.4. The molecule has 0 fully saturated rings. The van der Waals surface area contributed by atoms with Crippen molar-refractivity contribution in [3.05, 3.63) is 82.3 Å². The van der Waals surface area contributed by atoms with Crippen LogP contribution in [0, 0.1) is 11.6 Å². The Balaban J connectivity index is 1.44. The number of carbonyl (C=O) groups is 1. The quantitative estimate of drug-likeness (QED) is 0.567. The number of aliphatic carboxylic acids is 1. The number of carboxylic acids is 1. The molecular weight excluding hydrogens is 414 g/mol. The van der Waals surface area contributed by atoms with Crippen LogP contribution in [-0.2, 0) is 30.6 Å². The lowest BCUT2D eigenvalue weighted by Crippen LogP contribution is -2.48. The van der Waals surface area contributed by atoms with Crippen molar-refractivity contribution in [2.45, 2.75) is 45.2 Å². The number of nitrogens with zero attached hydrogens (tertiary/aromatic N) is 2. The van der Waals surface area contributed by atoms with Gasteiger partial charge < -0.3 is 15.1 Å². The van der Waals surface area contributed by atoms with Crippen LogP contribution in [0.25, 0.3) is 10.9 Å². The van der Waals surface area contributed by atoms with Crippen LogP contribution in [-0.4, -0.2) is 26.7 Å². The molecule has 3 N–H and O–H groups in total. The van der Waals surface area contributed by atoms with Crippen LogP contribution < -0.4 is 11.0 Å². The summed E-state index contributed by atoms with van der Waals surface area (Å²) in [7, 11) is 0. The smallest absolute Gasteiger partial charge is 0.307 e. The molecule has 0 aliphatic carbocycles. The van der Waals surface area contributed by atoms with Crippen molar-refractivity contribution in [1.82, 2.24) is 20.5 Å². The number of aromatic nitrogens is 1. The van der Waals surface area contributed by atoms with Gasteiger partial charge in [-0.25, -0.2) is 8.78 Å². The molecule has 3 heterocycles. The zero-order valence-corrected chi connectivity index (χ0v) is 17.7. The van der Waals surface area contributed by atoms with Gasteiger partial charge in [0.15, 0.2) is 0 Å². The molecule has 1 unspecified atom stereocenters. The molecule has 0 amide bonds. The molecule has 8 heteroatoms. The first kappa shape index (κ1) is 20.5. The van der Waals surface area contributed by atoms with Crippen LogP contribution in [0.4, 0.5) is 8.78 Å². The minimum absolute atomic E-state index is 0.0635. The second-order valence-corrected chi connectivity index (χ2v) is 8.41. The van der Waals surface area contributed by atoms with E-state index in [1.165, 1.54) is 18.2 Å². The van der Waals surface area contributed by atoms with Gasteiger partial charge in [0.1, 0.15) is 11.6 Å². The molecular formula is C24H24F2N4O2. The standard InChI is InChI=1S/C24H24F2N4O2/c1-14-21(11-15-5-7-16(25)8-6-15)27-28-30(14)17-9-10-22-19(12-23(31)32)18-3-2-4-20(26)24(18)29(22)13-17/h2-8,17,27-28H,9-13H2,1H3,(H,31,32). The SMILES string of the molecule is CC1=C(Cc2ccc(F)cc2)NNN1C1CCc2c(CC(=O)O)c3cccc(F)c3n2C1. The third-order valence-corrected chi connectivity index (χ3v) is 6.48. The fourth-order valence-corrected chi connectivity index (χ4v) is 4.93. The lowest BCUT2D eigenvalue weighted by Gasteiger charge is -2.34. The molecule has 2 aromatic carbocycles. The molecule has 166 valence electrons. The Morgan fingerprint density at radius 1 is 1.19 bits per heavy atom. The van der Waals surface area contributed by atoms with Crippen LogP contribution in [0.3, 0.4) is 0 Å².